The summed E-state index contributed by atoms with van der Waals surface area (Å²) in [4.78, 5) is 12.2. The first-order valence-corrected chi connectivity index (χ1v) is 6.58. The van der Waals surface area contributed by atoms with Gasteiger partial charge < -0.3 is 5.73 Å². The number of allylic oxidation sites excluding steroid dienone is 2. The normalized spacial score (nSPS) is 35.5. The lowest BCUT2D eigenvalue weighted by molar-refractivity contribution is -0.125. The summed E-state index contributed by atoms with van der Waals surface area (Å²) in [5, 5.41) is 28.8. The molecular weight excluding hydrogens is 252 g/mol. The summed E-state index contributed by atoms with van der Waals surface area (Å²) in [5.74, 6) is -0.173. The molecule has 2 rings (SSSR count). The SMILES string of the molecule is CC1=C(N)[C@@]2(C#N)CCCC(C#N)(C#N)[C@]2(C)CC1=O. The molecule has 0 bridgehead atoms. The Bertz CT molecular complexity index is 628. The molecule has 2 aliphatic carbocycles. The maximum atomic E-state index is 12.2. The van der Waals surface area contributed by atoms with Gasteiger partial charge in [0.2, 0.25) is 0 Å². The van der Waals surface area contributed by atoms with Gasteiger partial charge in [-0.2, -0.15) is 15.8 Å². The van der Waals surface area contributed by atoms with Gasteiger partial charge in [0.05, 0.1) is 18.2 Å². The second kappa shape index (κ2) is 4.09. The van der Waals surface area contributed by atoms with Gasteiger partial charge in [-0.25, -0.2) is 0 Å². The zero-order chi connectivity index (χ0) is 15.2. The summed E-state index contributed by atoms with van der Waals surface area (Å²) in [7, 11) is 0. The van der Waals surface area contributed by atoms with Gasteiger partial charge in [-0.1, -0.05) is 6.92 Å². The molecule has 2 N–H and O–H groups in total. The third kappa shape index (κ3) is 1.27. The molecule has 20 heavy (non-hydrogen) atoms. The van der Waals surface area contributed by atoms with Crippen molar-refractivity contribution >= 4 is 5.78 Å². The van der Waals surface area contributed by atoms with Gasteiger partial charge in [0.1, 0.15) is 5.41 Å². The topological polar surface area (TPSA) is 114 Å². The van der Waals surface area contributed by atoms with Crippen LogP contribution in [0.1, 0.15) is 39.5 Å². The van der Waals surface area contributed by atoms with E-state index in [9.17, 15) is 20.6 Å². The van der Waals surface area contributed by atoms with E-state index in [2.05, 4.69) is 18.2 Å². The summed E-state index contributed by atoms with van der Waals surface area (Å²) in [6.45, 7) is 3.31. The van der Waals surface area contributed by atoms with Gasteiger partial charge in [0.15, 0.2) is 11.2 Å². The number of nitriles is 3. The largest absolute Gasteiger partial charge is 0.400 e. The van der Waals surface area contributed by atoms with Gasteiger partial charge in [-0.15, -0.1) is 0 Å². The Morgan fingerprint density at radius 2 is 1.75 bits per heavy atom. The molecule has 0 aromatic heterocycles. The van der Waals surface area contributed by atoms with Crippen LogP contribution in [-0.4, -0.2) is 5.78 Å². The summed E-state index contributed by atoms with van der Waals surface area (Å²) in [6.07, 6.45) is 1.46. The molecule has 0 spiro atoms. The average molecular weight is 268 g/mol. The Kier molecular flexibility index (Phi) is 2.88. The number of hydrogen-bond donors (Lipinski definition) is 1. The Labute approximate surface area is 118 Å². The Morgan fingerprint density at radius 1 is 1.15 bits per heavy atom. The van der Waals surface area contributed by atoms with Crippen molar-refractivity contribution in [1.82, 2.24) is 0 Å². The van der Waals surface area contributed by atoms with E-state index in [1.54, 1.807) is 13.8 Å². The average Bonchev–Trinajstić information content (AvgIpc) is 2.45. The molecule has 0 unspecified atom stereocenters. The first-order valence-electron chi connectivity index (χ1n) is 6.58. The van der Waals surface area contributed by atoms with E-state index in [0.717, 1.165) is 0 Å². The van der Waals surface area contributed by atoms with E-state index in [4.69, 9.17) is 5.73 Å². The number of carbonyl (C=O) groups excluding carboxylic acids is 1. The highest BCUT2D eigenvalue weighted by Gasteiger charge is 2.67. The summed E-state index contributed by atoms with van der Waals surface area (Å²) in [5.41, 5.74) is 3.24. The zero-order valence-corrected chi connectivity index (χ0v) is 11.7. The van der Waals surface area contributed by atoms with E-state index in [-0.39, 0.29) is 17.9 Å². The van der Waals surface area contributed by atoms with Crippen molar-refractivity contribution in [2.45, 2.75) is 39.5 Å². The van der Waals surface area contributed by atoms with Crippen molar-refractivity contribution in [3.05, 3.63) is 11.3 Å². The predicted octanol–water partition coefficient (Wildman–Crippen LogP) is 1.93. The lowest BCUT2D eigenvalue weighted by Crippen LogP contribution is -2.59. The van der Waals surface area contributed by atoms with Crippen molar-refractivity contribution in [1.29, 1.82) is 15.8 Å². The molecule has 0 radical (unpaired) electrons. The molecule has 0 aromatic carbocycles. The van der Waals surface area contributed by atoms with Crippen LogP contribution in [0.5, 0.6) is 0 Å². The molecule has 1 fully saturated rings. The number of nitrogens with two attached hydrogens (primary N) is 1. The predicted molar refractivity (Wildman–Crippen MR) is 70.2 cm³/mol. The zero-order valence-electron chi connectivity index (χ0n) is 11.7. The molecule has 0 amide bonds. The van der Waals surface area contributed by atoms with E-state index in [1.807, 2.05) is 0 Å². The highest BCUT2D eigenvalue weighted by Crippen LogP contribution is 2.65. The molecule has 2 atom stereocenters. The summed E-state index contributed by atoms with van der Waals surface area (Å²) >= 11 is 0. The Hall–Kier alpha value is -2.32. The maximum absolute atomic E-state index is 12.2. The summed E-state index contributed by atoms with van der Waals surface area (Å²) < 4.78 is 0. The monoisotopic (exact) mass is 268 g/mol. The van der Waals surface area contributed by atoms with Crippen LogP contribution in [-0.2, 0) is 4.79 Å². The van der Waals surface area contributed by atoms with Crippen molar-refractivity contribution < 1.29 is 4.79 Å². The van der Waals surface area contributed by atoms with Gasteiger partial charge in [-0.05, 0) is 26.2 Å². The van der Waals surface area contributed by atoms with Gasteiger partial charge in [0.25, 0.3) is 0 Å². The first-order chi connectivity index (χ1) is 9.34. The van der Waals surface area contributed by atoms with Crippen molar-refractivity contribution in [2.75, 3.05) is 0 Å². The molecule has 102 valence electrons. The Morgan fingerprint density at radius 3 is 2.25 bits per heavy atom. The maximum Gasteiger partial charge on any atom is 0.161 e. The summed E-state index contributed by atoms with van der Waals surface area (Å²) in [6, 6.07) is 6.41. The quantitative estimate of drug-likeness (QED) is 0.720. The number of ketones is 1. The second-order valence-electron chi connectivity index (χ2n) is 5.97. The van der Waals surface area contributed by atoms with Crippen molar-refractivity contribution in [3.63, 3.8) is 0 Å². The number of nitrogens with zero attached hydrogens (tertiary/aromatic N) is 3. The minimum Gasteiger partial charge on any atom is -0.400 e. The number of fused-ring (bicyclic) bond motifs is 1. The Balaban J connectivity index is 2.83. The first kappa shape index (κ1) is 14.1. The van der Waals surface area contributed by atoms with E-state index in [1.165, 1.54) is 0 Å². The van der Waals surface area contributed by atoms with Gasteiger partial charge in [-0.3, -0.25) is 4.79 Å². The van der Waals surface area contributed by atoms with Crippen LogP contribution >= 0.6 is 0 Å². The van der Waals surface area contributed by atoms with Crippen LogP contribution in [0.2, 0.25) is 0 Å². The molecule has 0 aliphatic heterocycles. The van der Waals surface area contributed by atoms with Crippen LogP contribution in [0.4, 0.5) is 0 Å². The highest BCUT2D eigenvalue weighted by molar-refractivity contribution is 5.98. The standard InChI is InChI=1S/C15H16N4O/c1-10-11(20)6-13(2)14(7-16,8-17)4-3-5-15(13,9-18)12(10)19/h3-6,19H2,1-2H3/t13-,15-/m0/s1. The minimum absolute atomic E-state index is 0.0220. The smallest absolute Gasteiger partial charge is 0.161 e. The van der Waals surface area contributed by atoms with Crippen molar-refractivity contribution in [2.24, 2.45) is 22.0 Å². The van der Waals surface area contributed by atoms with E-state index >= 15 is 0 Å². The molecule has 5 nitrogen and oxygen atoms in total. The van der Waals surface area contributed by atoms with Crippen LogP contribution in [0.15, 0.2) is 11.3 Å². The fraction of sp³-hybridized carbons (Fsp3) is 0.600. The second-order valence-corrected chi connectivity index (χ2v) is 5.97. The number of rotatable bonds is 0. The van der Waals surface area contributed by atoms with E-state index in [0.29, 0.717) is 24.8 Å². The minimum atomic E-state index is -1.35. The third-order valence-electron chi connectivity index (χ3n) is 5.36. The molecule has 5 heteroatoms. The van der Waals surface area contributed by atoms with E-state index < -0.39 is 16.2 Å². The van der Waals surface area contributed by atoms with Crippen molar-refractivity contribution in [3.8, 4) is 18.2 Å². The van der Waals surface area contributed by atoms with Crippen LogP contribution in [0.25, 0.3) is 0 Å². The van der Waals surface area contributed by atoms with Gasteiger partial charge >= 0.3 is 0 Å². The number of Topliss-reactive ketones (excluding diaryl/α,β-unsaturated/α-hetero) is 1. The third-order valence-corrected chi connectivity index (χ3v) is 5.36. The molecule has 0 aromatic rings. The molecule has 0 saturated heterocycles. The molecule has 2 aliphatic rings. The lowest BCUT2D eigenvalue weighted by atomic mass is 9.42. The molecule has 0 heterocycles. The number of carbonyl (C=O) groups is 1. The molecule has 1 saturated carbocycles. The molecular formula is C15H16N4O. The highest BCUT2D eigenvalue weighted by atomic mass is 16.1. The fourth-order valence-corrected chi connectivity index (χ4v) is 3.82. The van der Waals surface area contributed by atoms with Crippen LogP contribution in [0.3, 0.4) is 0 Å². The fourth-order valence-electron chi connectivity index (χ4n) is 3.82. The number of hydrogen-bond acceptors (Lipinski definition) is 5. The van der Waals surface area contributed by atoms with Crippen LogP contribution < -0.4 is 5.73 Å². The lowest BCUT2D eigenvalue weighted by Gasteiger charge is -2.55. The van der Waals surface area contributed by atoms with Gasteiger partial charge in [0, 0.05) is 23.1 Å². The van der Waals surface area contributed by atoms with Crippen LogP contribution in [0, 0.1) is 50.2 Å².